The first-order chi connectivity index (χ1) is 11.8. The fourth-order valence-corrected chi connectivity index (χ4v) is 2.29. The van der Waals surface area contributed by atoms with Crippen molar-refractivity contribution in [3.8, 4) is 0 Å². The van der Waals surface area contributed by atoms with E-state index in [4.69, 9.17) is 10.2 Å². The smallest absolute Gasteiger partial charge is 0.338 e. The summed E-state index contributed by atoms with van der Waals surface area (Å²) in [6.07, 6.45) is 0. The number of methoxy groups -OCH3 is 1. The lowest BCUT2D eigenvalue weighted by molar-refractivity contribution is -0.136. The third kappa shape index (κ3) is 3.58. The minimum atomic E-state index is -1.62. The van der Waals surface area contributed by atoms with Gasteiger partial charge in [-0.3, -0.25) is 4.79 Å². The molecular formula is C15H14F2N2O6. The van der Waals surface area contributed by atoms with Gasteiger partial charge in [0.25, 0.3) is 5.91 Å². The molecule has 8 nitrogen and oxygen atoms in total. The second-order valence-electron chi connectivity index (χ2n) is 5.04. The van der Waals surface area contributed by atoms with Crippen LogP contribution in [0.15, 0.2) is 23.4 Å². The molecule has 0 bridgehead atoms. The van der Waals surface area contributed by atoms with Crippen molar-refractivity contribution in [3.05, 3.63) is 40.6 Å². The Kier molecular flexibility index (Phi) is 5.32. The maximum absolute atomic E-state index is 13.9. The molecule has 0 radical (unpaired) electrons. The van der Waals surface area contributed by atoms with Crippen molar-refractivity contribution >= 4 is 23.5 Å². The van der Waals surface area contributed by atoms with Crippen LogP contribution in [0.2, 0.25) is 0 Å². The van der Waals surface area contributed by atoms with Crippen molar-refractivity contribution in [2.75, 3.05) is 32.1 Å². The molecule has 0 saturated carbocycles. The van der Waals surface area contributed by atoms with Crippen LogP contribution in [-0.2, 0) is 14.3 Å². The van der Waals surface area contributed by atoms with E-state index < -0.39 is 40.7 Å². The van der Waals surface area contributed by atoms with Gasteiger partial charge in [0.15, 0.2) is 0 Å². The molecule has 2 rings (SSSR count). The Bertz CT molecular complexity index is 778. The molecule has 1 heterocycles. The van der Waals surface area contributed by atoms with Crippen LogP contribution in [0.3, 0.4) is 0 Å². The standard InChI is InChI=1S/C15H14F2N2O6/c1-25-15(24)8-6-19(2-3-20)13(21)12(8)18-11-4-7(14(22)23)9(16)5-10(11)17/h4-5,18,20H,2-3,6H2,1H3,(H,22,23). The Morgan fingerprint density at radius 1 is 1.32 bits per heavy atom. The van der Waals surface area contributed by atoms with Gasteiger partial charge in [-0.1, -0.05) is 0 Å². The Morgan fingerprint density at radius 3 is 2.56 bits per heavy atom. The number of ether oxygens (including phenoxy) is 1. The fraction of sp³-hybridized carbons (Fsp3) is 0.267. The van der Waals surface area contributed by atoms with Crippen molar-refractivity contribution in [3.63, 3.8) is 0 Å². The lowest BCUT2D eigenvalue weighted by Crippen LogP contribution is -2.31. The van der Waals surface area contributed by atoms with E-state index in [1.54, 1.807) is 0 Å². The molecule has 0 fully saturated rings. The first-order valence-corrected chi connectivity index (χ1v) is 7.01. The molecule has 134 valence electrons. The van der Waals surface area contributed by atoms with Crippen molar-refractivity contribution < 1.29 is 38.1 Å². The quantitative estimate of drug-likeness (QED) is 0.629. The zero-order valence-electron chi connectivity index (χ0n) is 13.0. The van der Waals surface area contributed by atoms with E-state index in [-0.39, 0.29) is 31.0 Å². The number of rotatable bonds is 6. The van der Waals surface area contributed by atoms with Gasteiger partial charge in [-0.25, -0.2) is 18.4 Å². The van der Waals surface area contributed by atoms with E-state index in [2.05, 4.69) is 10.1 Å². The predicted octanol–water partition coefficient (Wildman–Crippen LogP) is 0.336. The normalized spacial score (nSPS) is 14.1. The highest BCUT2D eigenvalue weighted by molar-refractivity contribution is 6.08. The van der Waals surface area contributed by atoms with Gasteiger partial charge in [0, 0.05) is 12.6 Å². The Morgan fingerprint density at radius 2 is 2.00 bits per heavy atom. The van der Waals surface area contributed by atoms with Crippen LogP contribution in [0.1, 0.15) is 10.4 Å². The largest absolute Gasteiger partial charge is 0.478 e. The van der Waals surface area contributed by atoms with Crippen LogP contribution in [0, 0.1) is 11.6 Å². The van der Waals surface area contributed by atoms with Gasteiger partial charge >= 0.3 is 11.9 Å². The second-order valence-corrected chi connectivity index (χ2v) is 5.04. The molecule has 1 amide bonds. The van der Waals surface area contributed by atoms with Gasteiger partial charge in [-0.15, -0.1) is 0 Å². The minimum Gasteiger partial charge on any atom is -0.478 e. The molecular weight excluding hydrogens is 342 g/mol. The number of hydrogen-bond acceptors (Lipinski definition) is 6. The van der Waals surface area contributed by atoms with Crippen LogP contribution < -0.4 is 5.32 Å². The highest BCUT2D eigenvalue weighted by Gasteiger charge is 2.35. The molecule has 0 saturated heterocycles. The van der Waals surface area contributed by atoms with Gasteiger partial charge in [0.2, 0.25) is 0 Å². The molecule has 0 spiro atoms. The maximum Gasteiger partial charge on any atom is 0.338 e. The summed E-state index contributed by atoms with van der Waals surface area (Å²) in [5.74, 6) is -5.61. The van der Waals surface area contributed by atoms with Crippen molar-refractivity contribution in [1.82, 2.24) is 4.90 Å². The number of halogens is 2. The summed E-state index contributed by atoms with van der Waals surface area (Å²) in [4.78, 5) is 36.2. The molecule has 0 unspecified atom stereocenters. The molecule has 1 aliphatic heterocycles. The number of carbonyl (C=O) groups excluding carboxylic acids is 2. The zero-order valence-corrected chi connectivity index (χ0v) is 13.0. The van der Waals surface area contributed by atoms with Crippen molar-refractivity contribution in [2.24, 2.45) is 0 Å². The number of hydrogen-bond donors (Lipinski definition) is 3. The third-order valence-corrected chi connectivity index (χ3v) is 3.50. The number of aromatic carboxylic acids is 1. The Hall–Kier alpha value is -3.01. The summed E-state index contributed by atoms with van der Waals surface area (Å²) < 4.78 is 31.9. The molecule has 25 heavy (non-hydrogen) atoms. The molecule has 0 atom stereocenters. The van der Waals surface area contributed by atoms with Crippen LogP contribution in [0.5, 0.6) is 0 Å². The number of carboxylic acid groups (broad SMARTS) is 1. The summed E-state index contributed by atoms with van der Waals surface area (Å²) >= 11 is 0. The lowest BCUT2D eigenvalue weighted by Gasteiger charge is -2.15. The van der Waals surface area contributed by atoms with Crippen LogP contribution in [0.25, 0.3) is 0 Å². The fourth-order valence-electron chi connectivity index (χ4n) is 2.29. The highest BCUT2D eigenvalue weighted by Crippen LogP contribution is 2.26. The van der Waals surface area contributed by atoms with E-state index in [1.807, 2.05) is 0 Å². The number of aliphatic hydroxyl groups is 1. The first kappa shape index (κ1) is 18.3. The summed E-state index contributed by atoms with van der Waals surface area (Å²) in [7, 11) is 1.09. The van der Waals surface area contributed by atoms with E-state index >= 15 is 0 Å². The molecule has 0 aromatic heterocycles. The molecule has 1 aromatic rings. The third-order valence-electron chi connectivity index (χ3n) is 3.50. The molecule has 0 aliphatic carbocycles. The van der Waals surface area contributed by atoms with Gasteiger partial charge < -0.3 is 25.2 Å². The number of amides is 1. The van der Waals surface area contributed by atoms with Crippen LogP contribution in [0.4, 0.5) is 14.5 Å². The second kappa shape index (κ2) is 7.26. The maximum atomic E-state index is 13.9. The van der Waals surface area contributed by atoms with Gasteiger partial charge in [-0.05, 0) is 6.07 Å². The molecule has 1 aliphatic rings. The minimum absolute atomic E-state index is 0.0726. The number of anilines is 1. The van der Waals surface area contributed by atoms with E-state index in [1.165, 1.54) is 0 Å². The number of esters is 1. The summed E-state index contributed by atoms with van der Waals surface area (Å²) in [6, 6.07) is 1.03. The van der Waals surface area contributed by atoms with E-state index in [0.717, 1.165) is 12.0 Å². The van der Waals surface area contributed by atoms with Gasteiger partial charge in [0.05, 0.1) is 37.1 Å². The van der Waals surface area contributed by atoms with E-state index in [9.17, 15) is 23.2 Å². The SMILES string of the molecule is COC(=O)C1=C(Nc2cc(C(=O)O)c(F)cc2F)C(=O)N(CCO)C1. The zero-order chi connectivity index (χ0) is 18.7. The average molecular weight is 356 g/mol. The first-order valence-electron chi connectivity index (χ1n) is 7.01. The summed E-state index contributed by atoms with van der Waals surface area (Å²) in [6.45, 7) is -0.610. The number of β-amino-alcohol motifs (C(OH)–C–C–N with tert-alkyl or cyclic N) is 1. The topological polar surface area (TPSA) is 116 Å². The predicted molar refractivity (Wildman–Crippen MR) is 79.6 cm³/mol. The highest BCUT2D eigenvalue weighted by atomic mass is 19.1. The van der Waals surface area contributed by atoms with Crippen molar-refractivity contribution in [1.29, 1.82) is 0 Å². The number of carbonyl (C=O) groups is 3. The summed E-state index contributed by atoms with van der Waals surface area (Å²) in [5, 5.41) is 20.2. The van der Waals surface area contributed by atoms with Crippen LogP contribution >= 0.6 is 0 Å². The van der Waals surface area contributed by atoms with Gasteiger partial charge in [0.1, 0.15) is 17.3 Å². The summed E-state index contributed by atoms with van der Waals surface area (Å²) in [5.41, 5.74) is -1.75. The number of carboxylic acids is 1. The molecule has 10 heteroatoms. The number of nitrogens with zero attached hydrogens (tertiary/aromatic N) is 1. The number of nitrogens with one attached hydrogen (secondary N) is 1. The molecule has 1 aromatic carbocycles. The number of benzene rings is 1. The van der Waals surface area contributed by atoms with Crippen LogP contribution in [-0.4, -0.2) is 59.8 Å². The molecule has 3 N–H and O–H groups in total. The lowest BCUT2D eigenvalue weighted by atomic mass is 10.1. The average Bonchev–Trinajstić information content (AvgIpc) is 2.86. The Labute approximate surface area is 140 Å². The number of aliphatic hydroxyl groups excluding tert-OH is 1. The Balaban J connectivity index is 2.45. The van der Waals surface area contributed by atoms with E-state index in [0.29, 0.717) is 12.1 Å². The van der Waals surface area contributed by atoms with Gasteiger partial charge in [-0.2, -0.15) is 0 Å². The monoisotopic (exact) mass is 356 g/mol. The van der Waals surface area contributed by atoms with Crippen molar-refractivity contribution in [2.45, 2.75) is 0 Å².